The molecule has 3 heteroatoms. The number of rotatable bonds is 1. The summed E-state index contributed by atoms with van der Waals surface area (Å²) in [6.45, 7) is 3.79. The second kappa shape index (κ2) is 3.50. The van der Waals surface area contributed by atoms with Crippen molar-refractivity contribution < 1.29 is 4.39 Å². The van der Waals surface area contributed by atoms with Crippen molar-refractivity contribution >= 4 is 10.8 Å². The number of hydrogen-bond acceptors (Lipinski definition) is 1. The summed E-state index contributed by atoms with van der Waals surface area (Å²) >= 11 is 0. The summed E-state index contributed by atoms with van der Waals surface area (Å²) in [5, 5.41) is 0.825. The molecule has 1 heterocycles. The van der Waals surface area contributed by atoms with Crippen LogP contribution in [0.25, 0.3) is 10.8 Å². The van der Waals surface area contributed by atoms with Gasteiger partial charge in [-0.3, -0.25) is 4.79 Å². The third-order valence-electron chi connectivity index (χ3n) is 2.47. The van der Waals surface area contributed by atoms with Crippen LogP contribution in [0.15, 0.2) is 35.3 Å². The molecule has 0 unspecified atom stereocenters. The molecule has 0 amide bonds. The Hall–Kier alpha value is -1.64. The molecule has 2 aromatic rings. The molecule has 1 aromatic heterocycles. The van der Waals surface area contributed by atoms with E-state index in [0.29, 0.717) is 5.39 Å². The Morgan fingerprint density at radius 2 is 2.00 bits per heavy atom. The Balaban J connectivity index is 2.90. The molecule has 0 atom stereocenters. The van der Waals surface area contributed by atoms with Gasteiger partial charge in [0.25, 0.3) is 5.56 Å². The molecule has 1 aromatic carbocycles. The quantitative estimate of drug-likeness (QED) is 0.701. The Morgan fingerprint density at radius 1 is 1.27 bits per heavy atom. The van der Waals surface area contributed by atoms with E-state index in [9.17, 15) is 9.18 Å². The highest BCUT2D eigenvalue weighted by molar-refractivity contribution is 5.81. The predicted octanol–water partition coefficient (Wildman–Crippen LogP) is 2.72. The molecular formula is C12H12FNO. The third-order valence-corrected chi connectivity index (χ3v) is 2.47. The molecule has 0 aliphatic heterocycles. The van der Waals surface area contributed by atoms with E-state index < -0.39 is 5.82 Å². The largest absolute Gasteiger partial charge is 0.312 e. The van der Waals surface area contributed by atoms with Gasteiger partial charge in [-0.05, 0) is 31.4 Å². The number of nitrogens with zero attached hydrogens (tertiary/aromatic N) is 1. The van der Waals surface area contributed by atoms with Crippen molar-refractivity contribution in [3.05, 3.63) is 46.6 Å². The van der Waals surface area contributed by atoms with E-state index in [1.807, 2.05) is 13.8 Å². The smallest absolute Gasteiger partial charge is 0.261 e. The maximum atomic E-state index is 13.5. The van der Waals surface area contributed by atoms with E-state index in [-0.39, 0.29) is 17.0 Å². The average molecular weight is 205 g/mol. The first-order chi connectivity index (χ1) is 7.11. The minimum absolute atomic E-state index is 0.0431. The fraction of sp³-hybridized carbons (Fsp3) is 0.250. The van der Waals surface area contributed by atoms with Crippen LogP contribution in [0.3, 0.4) is 0 Å². The van der Waals surface area contributed by atoms with Crippen LogP contribution in [0, 0.1) is 5.82 Å². The first kappa shape index (κ1) is 9.90. The fourth-order valence-electron chi connectivity index (χ4n) is 1.67. The Kier molecular flexibility index (Phi) is 2.31. The Labute approximate surface area is 87.0 Å². The van der Waals surface area contributed by atoms with Crippen molar-refractivity contribution in [2.24, 2.45) is 0 Å². The van der Waals surface area contributed by atoms with Crippen LogP contribution in [0.5, 0.6) is 0 Å². The zero-order valence-corrected chi connectivity index (χ0v) is 8.70. The van der Waals surface area contributed by atoms with Gasteiger partial charge in [0.2, 0.25) is 0 Å². The van der Waals surface area contributed by atoms with Gasteiger partial charge in [0.1, 0.15) is 5.82 Å². The minimum Gasteiger partial charge on any atom is -0.312 e. The van der Waals surface area contributed by atoms with E-state index in [1.54, 1.807) is 24.4 Å². The van der Waals surface area contributed by atoms with Crippen molar-refractivity contribution in [3.63, 3.8) is 0 Å². The Bertz CT molecular complexity index is 557. The van der Waals surface area contributed by atoms with E-state index in [2.05, 4.69) is 0 Å². The number of halogens is 1. The lowest BCUT2D eigenvalue weighted by Crippen LogP contribution is -2.21. The van der Waals surface area contributed by atoms with Gasteiger partial charge in [-0.25, -0.2) is 4.39 Å². The van der Waals surface area contributed by atoms with Crippen LogP contribution in [-0.2, 0) is 0 Å². The highest BCUT2D eigenvalue weighted by atomic mass is 19.1. The molecule has 78 valence electrons. The SMILES string of the molecule is CC(C)n1ccc2cccc(F)c2c1=O. The van der Waals surface area contributed by atoms with Gasteiger partial charge in [0.15, 0.2) is 0 Å². The zero-order chi connectivity index (χ0) is 11.0. The maximum absolute atomic E-state index is 13.5. The van der Waals surface area contributed by atoms with E-state index >= 15 is 0 Å². The maximum Gasteiger partial charge on any atom is 0.261 e. The molecule has 0 saturated carbocycles. The summed E-state index contributed by atoms with van der Waals surface area (Å²) in [5.41, 5.74) is -0.263. The van der Waals surface area contributed by atoms with E-state index in [1.165, 1.54) is 10.6 Å². The van der Waals surface area contributed by atoms with Crippen molar-refractivity contribution in [2.75, 3.05) is 0 Å². The van der Waals surface area contributed by atoms with Gasteiger partial charge < -0.3 is 4.57 Å². The van der Waals surface area contributed by atoms with Crippen LogP contribution in [-0.4, -0.2) is 4.57 Å². The molecular weight excluding hydrogens is 193 g/mol. The number of hydrogen-bond donors (Lipinski definition) is 0. The van der Waals surface area contributed by atoms with Crippen LogP contribution in [0.1, 0.15) is 19.9 Å². The molecule has 15 heavy (non-hydrogen) atoms. The lowest BCUT2D eigenvalue weighted by molar-refractivity contribution is 0.577. The van der Waals surface area contributed by atoms with E-state index in [4.69, 9.17) is 0 Å². The van der Waals surface area contributed by atoms with Gasteiger partial charge in [-0.2, -0.15) is 0 Å². The highest BCUT2D eigenvalue weighted by Crippen LogP contribution is 2.14. The van der Waals surface area contributed by atoms with Gasteiger partial charge >= 0.3 is 0 Å². The predicted molar refractivity (Wildman–Crippen MR) is 58.6 cm³/mol. The minimum atomic E-state index is -0.451. The standard InChI is InChI=1S/C12H12FNO/c1-8(2)14-7-6-9-4-3-5-10(13)11(9)12(14)15/h3-8H,1-2H3. The lowest BCUT2D eigenvalue weighted by Gasteiger charge is -2.10. The fourth-order valence-corrected chi connectivity index (χ4v) is 1.67. The summed E-state index contributed by atoms with van der Waals surface area (Å²) < 4.78 is 15.0. The third kappa shape index (κ3) is 1.54. The summed E-state index contributed by atoms with van der Waals surface area (Å²) in [6, 6.07) is 6.47. The molecule has 0 spiro atoms. The molecule has 2 nitrogen and oxygen atoms in total. The van der Waals surface area contributed by atoms with E-state index in [0.717, 1.165) is 0 Å². The van der Waals surface area contributed by atoms with Gasteiger partial charge in [0.05, 0.1) is 5.39 Å². The van der Waals surface area contributed by atoms with Crippen LogP contribution >= 0.6 is 0 Å². The monoisotopic (exact) mass is 205 g/mol. The number of benzene rings is 1. The molecule has 0 radical (unpaired) electrons. The van der Waals surface area contributed by atoms with Crippen LogP contribution in [0.4, 0.5) is 4.39 Å². The number of pyridine rings is 1. The first-order valence-corrected chi connectivity index (χ1v) is 4.90. The summed E-state index contributed by atoms with van der Waals surface area (Å²) in [7, 11) is 0. The van der Waals surface area contributed by atoms with Crippen molar-refractivity contribution in [2.45, 2.75) is 19.9 Å². The van der Waals surface area contributed by atoms with Crippen molar-refractivity contribution in [1.82, 2.24) is 4.57 Å². The second-order valence-electron chi connectivity index (χ2n) is 3.83. The topological polar surface area (TPSA) is 22.0 Å². The zero-order valence-electron chi connectivity index (χ0n) is 8.70. The van der Waals surface area contributed by atoms with Gasteiger partial charge in [-0.15, -0.1) is 0 Å². The summed E-state index contributed by atoms with van der Waals surface area (Å²) in [5.74, 6) is -0.451. The van der Waals surface area contributed by atoms with Crippen LogP contribution in [0.2, 0.25) is 0 Å². The van der Waals surface area contributed by atoms with Gasteiger partial charge in [-0.1, -0.05) is 12.1 Å². The number of fused-ring (bicyclic) bond motifs is 1. The molecule has 0 N–H and O–H groups in total. The summed E-state index contributed by atoms with van der Waals surface area (Å²) in [6.07, 6.45) is 1.70. The average Bonchev–Trinajstić information content (AvgIpc) is 2.17. The normalized spacial score (nSPS) is 11.2. The van der Waals surface area contributed by atoms with Crippen molar-refractivity contribution in [3.8, 4) is 0 Å². The molecule has 0 bridgehead atoms. The highest BCUT2D eigenvalue weighted by Gasteiger charge is 2.08. The lowest BCUT2D eigenvalue weighted by atomic mass is 10.1. The number of aromatic nitrogens is 1. The molecule has 0 saturated heterocycles. The Morgan fingerprint density at radius 3 is 2.67 bits per heavy atom. The molecule has 0 fully saturated rings. The van der Waals surface area contributed by atoms with Crippen molar-refractivity contribution in [1.29, 1.82) is 0 Å². The molecule has 0 aliphatic carbocycles. The van der Waals surface area contributed by atoms with Crippen LogP contribution < -0.4 is 5.56 Å². The first-order valence-electron chi connectivity index (χ1n) is 4.90. The summed E-state index contributed by atoms with van der Waals surface area (Å²) in [4.78, 5) is 11.9. The molecule has 2 rings (SSSR count). The van der Waals surface area contributed by atoms with Gasteiger partial charge in [0, 0.05) is 12.2 Å². The second-order valence-corrected chi connectivity index (χ2v) is 3.83. The molecule has 0 aliphatic rings.